The van der Waals surface area contributed by atoms with Gasteiger partial charge in [-0.15, -0.1) is 0 Å². The molecule has 1 saturated heterocycles. The Bertz CT molecular complexity index is 744. The minimum absolute atomic E-state index is 0.0919. The number of carbonyl (C=O) groups is 1. The van der Waals surface area contributed by atoms with E-state index in [1.165, 1.54) is 24.1 Å². The van der Waals surface area contributed by atoms with Crippen LogP contribution in [0.1, 0.15) is 41.8 Å². The number of rotatable bonds is 6. The molecular formula is C20H28N4O. The minimum atomic E-state index is 0.0919. The van der Waals surface area contributed by atoms with Crippen LogP contribution in [-0.4, -0.2) is 28.8 Å². The Morgan fingerprint density at radius 3 is 2.68 bits per heavy atom. The van der Waals surface area contributed by atoms with Crippen LogP contribution in [0, 0.1) is 13.8 Å². The van der Waals surface area contributed by atoms with E-state index in [1.807, 2.05) is 18.7 Å². The normalized spacial score (nSPS) is 14.1. The fourth-order valence-corrected chi connectivity index (χ4v) is 3.55. The zero-order chi connectivity index (χ0) is 17.8. The molecule has 5 heteroatoms. The molecule has 3 rings (SSSR count). The van der Waals surface area contributed by atoms with E-state index in [1.54, 1.807) is 0 Å². The second-order valence-electron chi connectivity index (χ2n) is 6.91. The number of nitrogens with one attached hydrogen (secondary N) is 1. The number of hydrogen-bond acceptors (Lipinski definition) is 3. The van der Waals surface area contributed by atoms with Gasteiger partial charge in [-0.1, -0.05) is 12.1 Å². The van der Waals surface area contributed by atoms with Gasteiger partial charge in [-0.2, -0.15) is 5.10 Å². The third-order valence-electron chi connectivity index (χ3n) is 5.13. The van der Waals surface area contributed by atoms with Gasteiger partial charge in [-0.05, 0) is 56.4 Å². The topological polar surface area (TPSA) is 50.2 Å². The lowest BCUT2D eigenvalue weighted by Crippen LogP contribution is -2.23. The number of benzene rings is 1. The summed E-state index contributed by atoms with van der Waals surface area (Å²) in [6, 6.07) is 8.51. The van der Waals surface area contributed by atoms with Gasteiger partial charge in [0.05, 0.1) is 5.69 Å². The van der Waals surface area contributed by atoms with Crippen LogP contribution in [0.3, 0.4) is 0 Å². The number of amides is 1. The molecule has 2 heterocycles. The van der Waals surface area contributed by atoms with Crippen LogP contribution >= 0.6 is 0 Å². The first kappa shape index (κ1) is 17.5. The predicted molar refractivity (Wildman–Crippen MR) is 101 cm³/mol. The zero-order valence-corrected chi connectivity index (χ0v) is 15.5. The first-order valence-corrected chi connectivity index (χ1v) is 9.14. The first-order chi connectivity index (χ1) is 12.0. The van der Waals surface area contributed by atoms with Gasteiger partial charge in [0.2, 0.25) is 5.91 Å². The maximum absolute atomic E-state index is 12.2. The molecule has 1 aliphatic heterocycles. The second-order valence-corrected chi connectivity index (χ2v) is 6.91. The summed E-state index contributed by atoms with van der Waals surface area (Å²) in [6.07, 6.45) is 3.78. The summed E-state index contributed by atoms with van der Waals surface area (Å²) in [6.45, 7) is 6.92. The highest BCUT2D eigenvalue weighted by Crippen LogP contribution is 2.21. The van der Waals surface area contributed by atoms with Crippen molar-refractivity contribution in [1.82, 2.24) is 15.1 Å². The second kappa shape index (κ2) is 7.72. The summed E-state index contributed by atoms with van der Waals surface area (Å²) in [4.78, 5) is 14.6. The van der Waals surface area contributed by atoms with E-state index in [-0.39, 0.29) is 5.91 Å². The molecule has 5 nitrogen and oxygen atoms in total. The van der Waals surface area contributed by atoms with Crippen LogP contribution in [0.2, 0.25) is 0 Å². The van der Waals surface area contributed by atoms with E-state index in [0.717, 1.165) is 36.5 Å². The van der Waals surface area contributed by atoms with Crippen LogP contribution in [0.25, 0.3) is 0 Å². The van der Waals surface area contributed by atoms with E-state index in [9.17, 15) is 4.79 Å². The smallest absolute Gasteiger partial charge is 0.220 e. The van der Waals surface area contributed by atoms with Crippen molar-refractivity contribution >= 4 is 11.6 Å². The molecule has 1 fully saturated rings. The lowest BCUT2D eigenvalue weighted by molar-refractivity contribution is -0.121. The van der Waals surface area contributed by atoms with Crippen molar-refractivity contribution < 1.29 is 4.79 Å². The van der Waals surface area contributed by atoms with E-state index in [0.29, 0.717) is 13.0 Å². The number of aryl methyl sites for hydroxylation is 2. The van der Waals surface area contributed by atoms with Crippen molar-refractivity contribution in [3.63, 3.8) is 0 Å². The highest BCUT2D eigenvalue weighted by molar-refractivity contribution is 5.76. The van der Waals surface area contributed by atoms with Crippen LogP contribution in [0.5, 0.6) is 0 Å². The van der Waals surface area contributed by atoms with Gasteiger partial charge in [0.25, 0.3) is 0 Å². The summed E-state index contributed by atoms with van der Waals surface area (Å²) in [5.41, 5.74) is 5.78. The molecule has 0 radical (unpaired) electrons. The highest BCUT2D eigenvalue weighted by Gasteiger charge is 2.13. The number of carbonyl (C=O) groups excluding carboxylic acids is 1. The summed E-state index contributed by atoms with van der Waals surface area (Å²) >= 11 is 0. The van der Waals surface area contributed by atoms with Crippen molar-refractivity contribution in [1.29, 1.82) is 0 Å². The fourth-order valence-electron chi connectivity index (χ4n) is 3.55. The Morgan fingerprint density at radius 2 is 2.00 bits per heavy atom. The molecule has 134 valence electrons. The van der Waals surface area contributed by atoms with Gasteiger partial charge in [-0.25, -0.2) is 0 Å². The largest absolute Gasteiger partial charge is 0.372 e. The fraction of sp³-hybridized carbons (Fsp3) is 0.500. The van der Waals surface area contributed by atoms with E-state index < -0.39 is 0 Å². The Balaban J connectivity index is 1.51. The molecule has 1 amide bonds. The number of anilines is 1. The maximum atomic E-state index is 12.2. The number of nitrogens with zero attached hydrogens (tertiary/aromatic N) is 3. The molecule has 0 bridgehead atoms. The van der Waals surface area contributed by atoms with Crippen LogP contribution < -0.4 is 10.2 Å². The first-order valence-electron chi connectivity index (χ1n) is 9.14. The van der Waals surface area contributed by atoms with Gasteiger partial charge in [-0.3, -0.25) is 9.48 Å². The van der Waals surface area contributed by atoms with E-state index in [2.05, 4.69) is 46.5 Å². The molecule has 1 aliphatic rings. The monoisotopic (exact) mass is 340 g/mol. The highest BCUT2D eigenvalue weighted by atomic mass is 16.1. The van der Waals surface area contributed by atoms with E-state index in [4.69, 9.17) is 0 Å². The number of hydrogen-bond donors (Lipinski definition) is 1. The lowest BCUT2D eigenvalue weighted by Gasteiger charge is -2.18. The quantitative estimate of drug-likeness (QED) is 0.880. The summed E-state index contributed by atoms with van der Waals surface area (Å²) < 4.78 is 1.88. The van der Waals surface area contributed by atoms with Crippen LogP contribution in [-0.2, 0) is 24.8 Å². The molecule has 0 spiro atoms. The number of aromatic nitrogens is 2. The molecule has 0 aliphatic carbocycles. The predicted octanol–water partition coefficient (Wildman–Crippen LogP) is 2.89. The molecular weight excluding hydrogens is 312 g/mol. The van der Waals surface area contributed by atoms with Crippen molar-refractivity contribution in [2.75, 3.05) is 18.0 Å². The molecule has 0 atom stereocenters. The van der Waals surface area contributed by atoms with Gasteiger partial charge in [0, 0.05) is 44.5 Å². The molecule has 2 aromatic rings. The molecule has 0 saturated carbocycles. The SMILES string of the molecule is Cc1nn(C)c(C)c1CCC(=O)NCc1cccc(N2CCCC2)c1. The molecule has 0 unspecified atom stereocenters. The van der Waals surface area contributed by atoms with Gasteiger partial charge < -0.3 is 10.2 Å². The Labute approximate surface area is 150 Å². The van der Waals surface area contributed by atoms with Crippen molar-refractivity contribution in [2.24, 2.45) is 7.05 Å². The Hall–Kier alpha value is -2.30. The molecule has 1 aromatic heterocycles. The Morgan fingerprint density at radius 1 is 1.24 bits per heavy atom. The zero-order valence-electron chi connectivity index (χ0n) is 15.5. The van der Waals surface area contributed by atoms with Crippen molar-refractivity contribution in [2.45, 2.75) is 46.1 Å². The standard InChI is InChI=1S/C20H28N4O/c1-15-19(16(2)23(3)22-15)9-10-20(25)21-14-17-7-6-8-18(13-17)24-11-4-5-12-24/h6-8,13H,4-5,9-12,14H2,1-3H3,(H,21,25). The van der Waals surface area contributed by atoms with Crippen molar-refractivity contribution in [3.05, 3.63) is 46.8 Å². The molecule has 1 N–H and O–H groups in total. The summed E-state index contributed by atoms with van der Waals surface area (Å²) in [5.74, 6) is 0.0919. The average molecular weight is 340 g/mol. The lowest BCUT2D eigenvalue weighted by atomic mass is 10.1. The van der Waals surface area contributed by atoms with Crippen LogP contribution in [0.15, 0.2) is 24.3 Å². The molecule has 1 aromatic carbocycles. The van der Waals surface area contributed by atoms with Gasteiger partial charge in [0.1, 0.15) is 0 Å². The van der Waals surface area contributed by atoms with Crippen LogP contribution in [0.4, 0.5) is 5.69 Å². The maximum Gasteiger partial charge on any atom is 0.220 e. The molecule has 25 heavy (non-hydrogen) atoms. The third kappa shape index (κ3) is 4.21. The van der Waals surface area contributed by atoms with Crippen molar-refractivity contribution in [3.8, 4) is 0 Å². The minimum Gasteiger partial charge on any atom is -0.372 e. The summed E-state index contributed by atoms with van der Waals surface area (Å²) in [7, 11) is 1.94. The van der Waals surface area contributed by atoms with E-state index >= 15 is 0 Å². The Kier molecular flexibility index (Phi) is 5.41. The van der Waals surface area contributed by atoms with Gasteiger partial charge >= 0.3 is 0 Å². The van der Waals surface area contributed by atoms with Gasteiger partial charge in [0.15, 0.2) is 0 Å². The third-order valence-corrected chi connectivity index (χ3v) is 5.13. The summed E-state index contributed by atoms with van der Waals surface area (Å²) in [5, 5.41) is 7.46. The average Bonchev–Trinajstić information content (AvgIpc) is 3.22.